The van der Waals surface area contributed by atoms with E-state index in [9.17, 15) is 22.4 Å². The largest absolute Gasteiger partial charge is 0.492 e. The lowest BCUT2D eigenvalue weighted by Crippen LogP contribution is -2.21. The number of amides is 1. The molecule has 0 fully saturated rings. The van der Waals surface area contributed by atoms with Gasteiger partial charge in [-0.15, -0.1) is 12.4 Å². The number of carbonyl (C=O) groups excluding carboxylic acids is 1. The Morgan fingerprint density at radius 1 is 1.00 bits per heavy atom. The molecule has 4 rings (SSSR count). The molecule has 1 heterocycles. The number of fused-ring (bicyclic) bond motifs is 1. The molecule has 0 bridgehead atoms. The van der Waals surface area contributed by atoms with Crippen LogP contribution in [0.15, 0.2) is 84.9 Å². The molecule has 6 nitrogen and oxygen atoms in total. The second kappa shape index (κ2) is 14.5. The first-order valence-electron chi connectivity index (χ1n) is 12.6. The van der Waals surface area contributed by atoms with Gasteiger partial charge in [-0.3, -0.25) is 9.89 Å². The molecule has 1 aromatic heterocycles. The number of allylic oxidation sites excluding steroid dienone is 1. The monoisotopic (exact) mass is 588 g/mol. The number of hydrogen-bond donors (Lipinski definition) is 3. The molecule has 0 aliphatic rings. The quantitative estimate of drug-likeness (QED) is 0.0831. The molecule has 0 saturated heterocycles. The van der Waals surface area contributed by atoms with Gasteiger partial charge in [0.1, 0.15) is 12.4 Å². The maximum Gasteiger partial charge on any atom is 0.393 e. The van der Waals surface area contributed by atoms with Gasteiger partial charge in [-0.1, -0.05) is 54.6 Å². The zero-order valence-corrected chi connectivity index (χ0v) is 22.9. The second-order valence-electron chi connectivity index (χ2n) is 8.87. The summed E-state index contributed by atoms with van der Waals surface area (Å²) in [5, 5.41) is 12.0. The molecule has 3 aromatic carbocycles. The normalized spacial score (nSPS) is 12.2. The number of benzene rings is 3. The molecular weight excluding hydrogens is 560 g/mol. The van der Waals surface area contributed by atoms with E-state index < -0.39 is 18.5 Å². The number of hydrogen-bond acceptors (Lipinski definition) is 4. The fourth-order valence-corrected chi connectivity index (χ4v) is 4.22. The Balaban J connectivity index is 0.00000462. The number of nitrogens with one attached hydrogen (secondary N) is 3. The number of aromatic nitrogens is 2. The van der Waals surface area contributed by atoms with Gasteiger partial charge in [-0.05, 0) is 52.1 Å². The predicted octanol–water partition coefficient (Wildman–Crippen LogP) is 6.31. The van der Waals surface area contributed by atoms with Gasteiger partial charge in [0.25, 0.3) is 0 Å². The van der Waals surface area contributed by atoms with E-state index in [-0.39, 0.29) is 29.3 Å². The minimum Gasteiger partial charge on any atom is -0.492 e. The third-order valence-corrected chi connectivity index (χ3v) is 6.07. The number of alkyl halides is 3. The highest BCUT2D eigenvalue weighted by molar-refractivity contribution is 6.00. The van der Waals surface area contributed by atoms with E-state index in [1.54, 1.807) is 79.9 Å². The molecule has 216 valence electrons. The van der Waals surface area contributed by atoms with Crippen LogP contribution in [0.25, 0.3) is 22.0 Å². The zero-order chi connectivity index (χ0) is 28.5. The highest BCUT2D eigenvalue weighted by atomic mass is 35.5. The van der Waals surface area contributed by atoms with E-state index in [1.165, 1.54) is 12.1 Å². The van der Waals surface area contributed by atoms with E-state index in [0.717, 1.165) is 0 Å². The number of nitrogens with zero attached hydrogens (tertiary/aromatic N) is 1. The van der Waals surface area contributed by atoms with Gasteiger partial charge in [0, 0.05) is 26.2 Å². The molecule has 0 aliphatic carbocycles. The highest BCUT2D eigenvalue weighted by Crippen LogP contribution is 2.40. The summed E-state index contributed by atoms with van der Waals surface area (Å²) in [5.74, 6) is -0.305. The number of ether oxygens (including phenoxy) is 1. The Labute approximate surface area is 240 Å². The molecular formula is C30H29ClF4N4O2. The molecule has 0 saturated carbocycles. The van der Waals surface area contributed by atoms with Gasteiger partial charge in [0.05, 0.1) is 17.3 Å². The Hall–Kier alpha value is -4.15. The van der Waals surface area contributed by atoms with Gasteiger partial charge in [-0.25, -0.2) is 0 Å². The van der Waals surface area contributed by atoms with Gasteiger partial charge < -0.3 is 15.4 Å². The van der Waals surface area contributed by atoms with Crippen molar-refractivity contribution in [3.63, 3.8) is 0 Å². The average Bonchev–Trinajstić information content (AvgIpc) is 3.32. The zero-order valence-electron chi connectivity index (χ0n) is 22.1. The first kappa shape index (κ1) is 31.4. The molecule has 0 radical (unpaired) electrons. The maximum absolute atomic E-state index is 14.4. The molecule has 1 amide bonds. The third-order valence-electron chi connectivity index (χ3n) is 6.07. The average molecular weight is 589 g/mol. The summed E-state index contributed by atoms with van der Waals surface area (Å²) in [6.07, 6.45) is -2.53. The van der Waals surface area contributed by atoms with Crippen LogP contribution in [0.4, 0.5) is 17.6 Å². The Bertz CT molecular complexity index is 1500. The fourth-order valence-electron chi connectivity index (χ4n) is 4.22. The highest BCUT2D eigenvalue weighted by Gasteiger charge is 2.31. The molecule has 0 spiro atoms. The molecule has 3 N–H and O–H groups in total. The molecule has 0 aliphatic heterocycles. The van der Waals surface area contributed by atoms with Crippen LogP contribution in [0.3, 0.4) is 0 Å². The van der Waals surface area contributed by atoms with E-state index in [4.69, 9.17) is 4.74 Å². The van der Waals surface area contributed by atoms with Crippen molar-refractivity contribution in [3.8, 4) is 5.75 Å². The van der Waals surface area contributed by atoms with Crippen molar-refractivity contribution < 1.29 is 27.1 Å². The summed E-state index contributed by atoms with van der Waals surface area (Å²) >= 11 is 0. The third kappa shape index (κ3) is 8.67. The second-order valence-corrected chi connectivity index (χ2v) is 8.87. The smallest absolute Gasteiger partial charge is 0.393 e. The lowest BCUT2D eigenvalue weighted by Gasteiger charge is -2.19. The van der Waals surface area contributed by atoms with Crippen molar-refractivity contribution in [2.45, 2.75) is 12.6 Å². The number of likely N-dealkylation sites (N-methyl/N-ethyl adjacent to an activating group) is 1. The number of halogens is 5. The summed E-state index contributed by atoms with van der Waals surface area (Å²) in [6, 6.07) is 19.9. The summed E-state index contributed by atoms with van der Waals surface area (Å²) in [7, 11) is 1.55. The predicted molar refractivity (Wildman–Crippen MR) is 154 cm³/mol. The van der Waals surface area contributed by atoms with Crippen LogP contribution >= 0.6 is 12.4 Å². The van der Waals surface area contributed by atoms with Gasteiger partial charge in [0.2, 0.25) is 11.9 Å². The van der Waals surface area contributed by atoms with Crippen LogP contribution < -0.4 is 15.4 Å². The van der Waals surface area contributed by atoms with Crippen LogP contribution in [0.2, 0.25) is 0 Å². The lowest BCUT2D eigenvalue weighted by molar-refractivity contribution is -0.123. The van der Waals surface area contributed by atoms with Crippen LogP contribution in [-0.4, -0.2) is 49.0 Å². The standard InChI is InChI=1S/C30H28F4N4O2.ClH/c1-35-27(39)8-5-15-36-16-17-40-23-12-9-21(10-13-23)28(22-11-14-26-24(18-22)29(31)38-37-26)25(19-30(32,33)34)20-6-3-2-4-7-20;/h2-14,18,36H,15-17,19H2,1H3,(H,35,39)(H,37,38);1H/b8-5+,28-25+;. The van der Waals surface area contributed by atoms with Crippen LogP contribution in [0.5, 0.6) is 5.75 Å². The first-order valence-corrected chi connectivity index (χ1v) is 12.6. The van der Waals surface area contributed by atoms with Gasteiger partial charge in [0.15, 0.2) is 0 Å². The van der Waals surface area contributed by atoms with Crippen molar-refractivity contribution >= 4 is 40.4 Å². The summed E-state index contributed by atoms with van der Waals surface area (Å²) < 4.78 is 61.7. The Morgan fingerprint density at radius 3 is 2.39 bits per heavy atom. The van der Waals surface area contributed by atoms with Gasteiger partial charge in [-0.2, -0.15) is 22.7 Å². The SMILES string of the molecule is CNC(=O)/C=C/CNCCOc1ccc(/C(=C(/CC(F)(F)F)c2ccccc2)c2ccc3n[nH]c(F)c3c2)cc1.Cl. The first-order chi connectivity index (χ1) is 19.2. The van der Waals surface area contributed by atoms with Crippen LogP contribution in [-0.2, 0) is 4.79 Å². The Kier molecular flexibility index (Phi) is 11.1. The molecule has 0 unspecified atom stereocenters. The molecule has 4 aromatic rings. The summed E-state index contributed by atoms with van der Waals surface area (Å²) in [5.41, 5.74) is 2.15. The topological polar surface area (TPSA) is 79.0 Å². The van der Waals surface area contributed by atoms with E-state index in [1.807, 2.05) is 0 Å². The lowest BCUT2D eigenvalue weighted by atomic mass is 9.87. The molecule has 0 atom stereocenters. The van der Waals surface area contributed by atoms with Crippen molar-refractivity contribution in [2.24, 2.45) is 0 Å². The van der Waals surface area contributed by atoms with E-state index in [2.05, 4.69) is 20.8 Å². The maximum atomic E-state index is 14.4. The number of carbonyl (C=O) groups is 1. The van der Waals surface area contributed by atoms with Crippen molar-refractivity contribution in [2.75, 3.05) is 26.7 Å². The number of H-pyrrole nitrogens is 1. The van der Waals surface area contributed by atoms with E-state index >= 15 is 0 Å². The molecule has 41 heavy (non-hydrogen) atoms. The van der Waals surface area contributed by atoms with Crippen molar-refractivity contribution in [1.29, 1.82) is 0 Å². The van der Waals surface area contributed by atoms with Crippen LogP contribution in [0, 0.1) is 5.95 Å². The van der Waals surface area contributed by atoms with Crippen molar-refractivity contribution in [3.05, 3.63) is 108 Å². The Morgan fingerprint density at radius 2 is 1.71 bits per heavy atom. The van der Waals surface area contributed by atoms with Crippen LogP contribution in [0.1, 0.15) is 23.1 Å². The van der Waals surface area contributed by atoms with Crippen molar-refractivity contribution in [1.82, 2.24) is 20.8 Å². The van der Waals surface area contributed by atoms with E-state index in [0.29, 0.717) is 53.2 Å². The van der Waals surface area contributed by atoms with Gasteiger partial charge >= 0.3 is 6.18 Å². The summed E-state index contributed by atoms with van der Waals surface area (Å²) in [6.45, 7) is 1.35. The summed E-state index contributed by atoms with van der Waals surface area (Å²) in [4.78, 5) is 11.2. The minimum absolute atomic E-state index is 0. The minimum atomic E-state index is -4.48. The number of aromatic amines is 1. The fraction of sp³-hybridized carbons (Fsp3) is 0.200. The molecule has 11 heteroatoms. The number of rotatable bonds is 11.